The minimum atomic E-state index is -5.17. The molecule has 0 amide bonds. The Bertz CT molecular complexity index is 104. The van der Waals surface area contributed by atoms with Gasteiger partial charge in [0.25, 0.3) is 0 Å². The maximum atomic E-state index is 8.52. The minimum Gasteiger partial charge on any atom is -1.00 e. The van der Waals surface area contributed by atoms with Crippen molar-refractivity contribution >= 4 is 56.5 Å². The van der Waals surface area contributed by atoms with E-state index in [-0.39, 0.29) is 130 Å². The van der Waals surface area contributed by atoms with Gasteiger partial charge in [-0.3, -0.25) is 8.42 Å². The van der Waals surface area contributed by atoms with Crippen molar-refractivity contribution in [3.05, 3.63) is 0 Å². The summed E-state index contributed by atoms with van der Waals surface area (Å²) in [4.78, 5) is 0. The molecule has 0 unspecified atom stereocenters. The molecule has 0 saturated carbocycles. The second-order valence-electron chi connectivity index (χ2n) is 0.408. The van der Waals surface area contributed by atoms with Gasteiger partial charge in [-0.25, -0.2) is 0 Å². The molecule has 0 rings (SSSR count). The van der Waals surface area contributed by atoms with E-state index in [9.17, 15) is 0 Å². The summed E-state index contributed by atoms with van der Waals surface area (Å²) in [7, 11) is -5.17. The number of halogens is 1. The van der Waals surface area contributed by atoms with E-state index >= 15 is 0 Å². The Balaban J connectivity index is -0.000000000667. The molecule has 17 nitrogen and oxygen atoms in total. The summed E-state index contributed by atoms with van der Waals surface area (Å²) < 4.78 is 34.1. The van der Waals surface area contributed by atoms with E-state index in [2.05, 4.69) is 0 Å². The largest absolute Gasteiger partial charge is 2.00 e. The molecule has 0 aliphatic carbocycles. The Hall–Kier alpha value is 1.17. The van der Waals surface area contributed by atoms with E-state index in [1.165, 1.54) is 0 Å². The first-order valence-corrected chi connectivity index (χ1v) is 2.00. The van der Waals surface area contributed by atoms with E-state index in [0.29, 0.717) is 0 Å². The third-order valence-corrected chi connectivity index (χ3v) is 0. The van der Waals surface area contributed by atoms with Crippen molar-refractivity contribution in [3.63, 3.8) is 0 Å². The smallest absolute Gasteiger partial charge is 1.00 e. The molecule has 144 valence electrons. The topological polar surface area (TPSA) is 490 Å². The molecule has 0 fully saturated rings. The zero-order chi connectivity index (χ0) is 4.50. The molecule has 0 atom stereocenters. The Morgan fingerprint density at radius 1 is 0.429 bits per heavy atom. The van der Waals surface area contributed by atoms with Crippen LogP contribution in [-0.2, 0) is 10.4 Å². The first kappa shape index (κ1) is 372. The van der Waals surface area contributed by atoms with Crippen molar-refractivity contribution in [2.75, 3.05) is 0 Å². The SMILES string of the molecule is O.O.O.O.O.O.O.O.O.O.O.O.O.O=S(=O)([O-])[O-].[Cl-].[Mg+2].[Mg+2]. The van der Waals surface area contributed by atoms with E-state index < -0.39 is 10.4 Å². The molecular weight excluding hydrogens is 388 g/mol. The maximum absolute atomic E-state index is 8.52. The number of hydrogen-bond donors (Lipinski definition) is 0. The molecule has 26 N–H and O–H groups in total. The van der Waals surface area contributed by atoms with Crippen LogP contribution in [0, 0.1) is 0 Å². The molecule has 0 heterocycles. The van der Waals surface area contributed by atoms with Gasteiger partial charge in [0, 0.05) is 10.4 Å². The molecule has 0 aromatic heterocycles. The molecule has 0 spiro atoms. The molecule has 0 aromatic rings. The van der Waals surface area contributed by atoms with E-state index in [4.69, 9.17) is 17.5 Å². The van der Waals surface area contributed by atoms with Gasteiger partial charge < -0.3 is 92.7 Å². The fourth-order valence-electron chi connectivity index (χ4n) is 0. The summed E-state index contributed by atoms with van der Waals surface area (Å²) in [5, 5.41) is 0. The van der Waals surface area contributed by atoms with Gasteiger partial charge in [-0.1, -0.05) is 0 Å². The molecular formula is H26ClMg2O17S+. The maximum Gasteiger partial charge on any atom is 2.00 e. The predicted molar refractivity (Wildman–Crippen MR) is 69.0 cm³/mol. The van der Waals surface area contributed by atoms with Crippen molar-refractivity contribution in [2.24, 2.45) is 0 Å². The van der Waals surface area contributed by atoms with Crippen LogP contribution in [0.3, 0.4) is 0 Å². The molecule has 0 bridgehead atoms. The summed E-state index contributed by atoms with van der Waals surface area (Å²) in [6, 6.07) is 0. The van der Waals surface area contributed by atoms with Crippen LogP contribution in [0.5, 0.6) is 0 Å². The number of rotatable bonds is 0. The molecule has 0 aliphatic rings. The minimum absolute atomic E-state index is 0. The van der Waals surface area contributed by atoms with Crippen molar-refractivity contribution in [1.82, 2.24) is 0 Å². The summed E-state index contributed by atoms with van der Waals surface area (Å²) in [6.45, 7) is 0. The van der Waals surface area contributed by atoms with Crippen LogP contribution in [0.1, 0.15) is 0 Å². The molecule has 21 heavy (non-hydrogen) atoms. The third kappa shape index (κ3) is 5660. The molecule has 0 aliphatic heterocycles. The Morgan fingerprint density at radius 2 is 0.429 bits per heavy atom. The van der Waals surface area contributed by atoms with Crippen LogP contribution < -0.4 is 12.4 Å². The van der Waals surface area contributed by atoms with Gasteiger partial charge in [0.1, 0.15) is 0 Å². The van der Waals surface area contributed by atoms with Gasteiger partial charge in [-0.2, -0.15) is 0 Å². The fraction of sp³-hybridized carbons (Fsp3) is 0. The normalized spacial score (nSPS) is 2.76. The first-order valence-electron chi connectivity index (χ1n) is 0.667. The van der Waals surface area contributed by atoms with Crippen LogP contribution in [0.15, 0.2) is 0 Å². The van der Waals surface area contributed by atoms with E-state index in [0.717, 1.165) is 0 Å². The van der Waals surface area contributed by atoms with Gasteiger partial charge in [-0.15, -0.1) is 0 Å². The molecule has 0 aromatic carbocycles. The van der Waals surface area contributed by atoms with Crippen molar-refractivity contribution in [2.45, 2.75) is 0 Å². The quantitative estimate of drug-likeness (QED) is 0.211. The molecule has 0 saturated heterocycles. The van der Waals surface area contributed by atoms with Gasteiger partial charge in [-0.05, 0) is 0 Å². The average Bonchev–Trinajstić information content (AvgIpc) is 0.722. The van der Waals surface area contributed by atoms with E-state index in [1.807, 2.05) is 0 Å². The number of hydrogen-bond acceptors (Lipinski definition) is 4. The fourth-order valence-corrected chi connectivity index (χ4v) is 0. The zero-order valence-electron chi connectivity index (χ0n) is 10.3. The Labute approximate surface area is 157 Å². The van der Waals surface area contributed by atoms with Crippen molar-refractivity contribution in [3.8, 4) is 0 Å². The van der Waals surface area contributed by atoms with Crippen LogP contribution in [0.2, 0.25) is 0 Å². The van der Waals surface area contributed by atoms with Crippen LogP contribution in [0.25, 0.3) is 0 Å². The molecule has 21 heteroatoms. The standard InChI is InChI=1S/ClH.2Mg.H2O4S.13H2O/c;;;1-5(2,3)4;;;;;;;;;;;;;/h1H;;;(H2,1,2,3,4);13*1H2/q;2*+2;;;;;;;;;;;;;;/p-3. The average molecular weight is 414 g/mol. The predicted octanol–water partition coefficient (Wildman–Crippen LogP) is -15.8. The second kappa shape index (κ2) is 167. The van der Waals surface area contributed by atoms with Gasteiger partial charge >= 0.3 is 46.1 Å². The second-order valence-corrected chi connectivity index (χ2v) is 1.22. The summed E-state index contributed by atoms with van der Waals surface area (Å²) in [6.07, 6.45) is 0. The van der Waals surface area contributed by atoms with Crippen LogP contribution in [0.4, 0.5) is 0 Å². The molecule has 0 radical (unpaired) electrons. The van der Waals surface area contributed by atoms with E-state index in [1.54, 1.807) is 0 Å². The summed E-state index contributed by atoms with van der Waals surface area (Å²) >= 11 is 0. The van der Waals surface area contributed by atoms with Crippen molar-refractivity contribution in [1.29, 1.82) is 0 Å². The van der Waals surface area contributed by atoms with Crippen LogP contribution in [-0.4, -0.2) is 135 Å². The first-order chi connectivity index (χ1) is 2.00. The monoisotopic (exact) mass is 413 g/mol. The van der Waals surface area contributed by atoms with Crippen molar-refractivity contribution < 1.29 is 101 Å². The van der Waals surface area contributed by atoms with Crippen LogP contribution >= 0.6 is 0 Å². The zero-order valence-corrected chi connectivity index (χ0v) is 14.7. The van der Waals surface area contributed by atoms with Gasteiger partial charge in [0.05, 0.1) is 0 Å². The summed E-state index contributed by atoms with van der Waals surface area (Å²) in [5.74, 6) is 0. The Kier molecular flexibility index (Phi) is 2960. The third-order valence-electron chi connectivity index (χ3n) is 0. The van der Waals surface area contributed by atoms with Gasteiger partial charge in [0.2, 0.25) is 0 Å². The summed E-state index contributed by atoms with van der Waals surface area (Å²) in [5.41, 5.74) is 0. The Morgan fingerprint density at radius 3 is 0.429 bits per heavy atom. The van der Waals surface area contributed by atoms with Gasteiger partial charge in [0.15, 0.2) is 0 Å².